The summed E-state index contributed by atoms with van der Waals surface area (Å²) in [5, 5.41) is 3.55. The third kappa shape index (κ3) is 2.76. The summed E-state index contributed by atoms with van der Waals surface area (Å²) >= 11 is 6.22. The van der Waals surface area contributed by atoms with Gasteiger partial charge in [-0.25, -0.2) is 0 Å². The van der Waals surface area contributed by atoms with Crippen LogP contribution in [0.15, 0.2) is 36.4 Å². The normalized spacial score (nSPS) is 13.0. The maximum atomic E-state index is 12.9. The zero-order chi connectivity index (χ0) is 16.6. The van der Waals surface area contributed by atoms with E-state index in [0.29, 0.717) is 39.5 Å². The van der Waals surface area contributed by atoms with Crippen LogP contribution >= 0.6 is 11.6 Å². The molecule has 0 unspecified atom stereocenters. The Labute approximate surface area is 140 Å². The van der Waals surface area contributed by atoms with Crippen molar-refractivity contribution >= 4 is 28.9 Å². The second-order valence-corrected chi connectivity index (χ2v) is 6.19. The number of halogens is 1. The third-order valence-electron chi connectivity index (χ3n) is 3.90. The topological polar surface area (TPSA) is 49.4 Å². The molecule has 0 aliphatic heterocycles. The van der Waals surface area contributed by atoms with E-state index in [1.807, 2.05) is 19.0 Å². The number of fused-ring (bicyclic) bond motifs is 2. The molecular weight excluding hydrogens is 312 g/mol. The van der Waals surface area contributed by atoms with Crippen molar-refractivity contribution in [2.45, 2.75) is 0 Å². The maximum absolute atomic E-state index is 12.9. The lowest BCUT2D eigenvalue weighted by Gasteiger charge is -2.22. The van der Waals surface area contributed by atoms with Gasteiger partial charge in [-0.3, -0.25) is 9.59 Å². The summed E-state index contributed by atoms with van der Waals surface area (Å²) in [6.45, 7) is 1.49. The molecule has 4 nitrogen and oxygen atoms in total. The van der Waals surface area contributed by atoms with Crippen LogP contribution in [0.3, 0.4) is 0 Å². The molecule has 0 fully saturated rings. The molecule has 0 radical (unpaired) electrons. The quantitative estimate of drug-likeness (QED) is 0.799. The molecule has 0 saturated carbocycles. The lowest BCUT2D eigenvalue weighted by molar-refractivity contribution is 0.0979. The van der Waals surface area contributed by atoms with Gasteiger partial charge in [-0.1, -0.05) is 35.9 Å². The zero-order valence-electron chi connectivity index (χ0n) is 13.0. The van der Waals surface area contributed by atoms with E-state index in [1.54, 1.807) is 36.4 Å². The molecule has 1 N–H and O–H groups in total. The predicted molar refractivity (Wildman–Crippen MR) is 91.8 cm³/mol. The summed E-state index contributed by atoms with van der Waals surface area (Å²) in [4.78, 5) is 27.6. The summed E-state index contributed by atoms with van der Waals surface area (Å²) in [6.07, 6.45) is 0. The van der Waals surface area contributed by atoms with Gasteiger partial charge in [0, 0.05) is 29.9 Å². The first kappa shape index (κ1) is 15.7. The largest absolute Gasteiger partial charge is 0.383 e. The molecule has 2 aromatic carbocycles. The van der Waals surface area contributed by atoms with Crippen molar-refractivity contribution < 1.29 is 9.59 Å². The number of hydrogen-bond donors (Lipinski definition) is 1. The summed E-state index contributed by atoms with van der Waals surface area (Å²) in [5.74, 6) is -0.360. The Kier molecular flexibility index (Phi) is 4.20. The third-order valence-corrected chi connectivity index (χ3v) is 4.21. The first-order valence-electron chi connectivity index (χ1n) is 7.40. The number of carbonyl (C=O) groups is 2. The molecule has 0 heterocycles. The van der Waals surface area contributed by atoms with E-state index in [-0.39, 0.29) is 11.6 Å². The molecule has 0 bridgehead atoms. The van der Waals surface area contributed by atoms with E-state index < -0.39 is 0 Å². The van der Waals surface area contributed by atoms with Crippen LogP contribution in [0.4, 0.5) is 5.69 Å². The number of likely N-dealkylation sites (N-methyl/N-ethyl adjacent to an activating group) is 1. The van der Waals surface area contributed by atoms with E-state index in [0.717, 1.165) is 6.54 Å². The van der Waals surface area contributed by atoms with Crippen molar-refractivity contribution in [1.82, 2.24) is 4.90 Å². The molecule has 0 aromatic heterocycles. The fourth-order valence-electron chi connectivity index (χ4n) is 2.75. The molecule has 2 aromatic rings. The van der Waals surface area contributed by atoms with Gasteiger partial charge in [0.25, 0.3) is 0 Å². The van der Waals surface area contributed by atoms with E-state index in [1.165, 1.54) is 0 Å². The fraction of sp³-hybridized carbons (Fsp3) is 0.222. The number of hydrogen-bond acceptors (Lipinski definition) is 4. The molecule has 0 atom stereocenters. The van der Waals surface area contributed by atoms with Crippen LogP contribution in [-0.4, -0.2) is 43.7 Å². The Bertz CT molecular complexity index is 800. The molecule has 0 spiro atoms. The van der Waals surface area contributed by atoms with Crippen LogP contribution < -0.4 is 5.32 Å². The number of rotatable bonds is 4. The number of ketones is 2. The summed E-state index contributed by atoms with van der Waals surface area (Å²) in [6, 6.07) is 10.3. The van der Waals surface area contributed by atoms with Crippen molar-refractivity contribution in [2.24, 2.45) is 0 Å². The van der Waals surface area contributed by atoms with Crippen molar-refractivity contribution in [3.05, 3.63) is 63.7 Å². The van der Waals surface area contributed by atoms with Gasteiger partial charge in [0.15, 0.2) is 11.6 Å². The number of nitrogens with zero attached hydrogens (tertiary/aromatic N) is 1. The predicted octanol–water partition coefficient (Wildman–Crippen LogP) is 3.09. The van der Waals surface area contributed by atoms with Crippen molar-refractivity contribution in [3.8, 4) is 0 Å². The van der Waals surface area contributed by atoms with E-state index in [4.69, 9.17) is 11.6 Å². The monoisotopic (exact) mass is 328 g/mol. The number of anilines is 1. The van der Waals surface area contributed by atoms with Gasteiger partial charge in [0.05, 0.1) is 16.1 Å². The lowest BCUT2D eigenvalue weighted by atomic mass is 9.83. The minimum absolute atomic E-state index is 0.162. The smallest absolute Gasteiger partial charge is 0.196 e. The van der Waals surface area contributed by atoms with Crippen LogP contribution in [0, 0.1) is 0 Å². The maximum Gasteiger partial charge on any atom is 0.196 e. The van der Waals surface area contributed by atoms with Gasteiger partial charge in [-0.05, 0) is 26.2 Å². The average molecular weight is 329 g/mol. The number of benzene rings is 2. The second kappa shape index (κ2) is 6.14. The van der Waals surface area contributed by atoms with E-state index in [2.05, 4.69) is 5.32 Å². The molecule has 5 heteroatoms. The lowest BCUT2D eigenvalue weighted by Crippen LogP contribution is -2.25. The molecule has 23 heavy (non-hydrogen) atoms. The van der Waals surface area contributed by atoms with Crippen LogP contribution in [0.1, 0.15) is 31.8 Å². The Hall–Kier alpha value is -2.17. The summed E-state index contributed by atoms with van der Waals surface area (Å²) in [5.41, 5.74) is 2.17. The molecule has 3 rings (SSSR count). The van der Waals surface area contributed by atoms with E-state index in [9.17, 15) is 9.59 Å². The highest BCUT2D eigenvalue weighted by Gasteiger charge is 2.33. The second-order valence-electron chi connectivity index (χ2n) is 5.78. The first-order valence-corrected chi connectivity index (χ1v) is 7.78. The highest BCUT2D eigenvalue weighted by Crippen LogP contribution is 2.36. The molecular formula is C18H17ClN2O2. The van der Waals surface area contributed by atoms with Crippen LogP contribution in [-0.2, 0) is 0 Å². The van der Waals surface area contributed by atoms with Crippen LogP contribution in [0.5, 0.6) is 0 Å². The molecule has 0 saturated heterocycles. The molecule has 0 amide bonds. The average Bonchev–Trinajstić information content (AvgIpc) is 2.53. The Morgan fingerprint density at radius 2 is 1.57 bits per heavy atom. The fourth-order valence-corrected chi connectivity index (χ4v) is 2.99. The number of carbonyl (C=O) groups excluding carboxylic acids is 2. The first-order chi connectivity index (χ1) is 11.0. The minimum Gasteiger partial charge on any atom is -0.383 e. The van der Waals surface area contributed by atoms with Gasteiger partial charge in [0.1, 0.15) is 0 Å². The number of nitrogens with one attached hydrogen (secondary N) is 1. The highest BCUT2D eigenvalue weighted by atomic mass is 35.5. The standard InChI is InChI=1S/C18H17ClN2O2/c1-21(2)10-9-20-14-8-7-13(19)15-16(14)18(23)12-6-4-3-5-11(12)17(15)22/h3-8,20H,9-10H2,1-2H3. The minimum atomic E-state index is -0.198. The molecule has 1 aliphatic carbocycles. The SMILES string of the molecule is CN(C)CCNc1ccc(Cl)c2c1C(=O)c1ccccc1C2=O. The summed E-state index contributed by atoms with van der Waals surface area (Å²) < 4.78 is 0. The van der Waals surface area contributed by atoms with Gasteiger partial charge in [-0.2, -0.15) is 0 Å². The summed E-state index contributed by atoms with van der Waals surface area (Å²) in [7, 11) is 3.95. The van der Waals surface area contributed by atoms with Crippen LogP contribution in [0.2, 0.25) is 5.02 Å². The van der Waals surface area contributed by atoms with Crippen molar-refractivity contribution in [3.63, 3.8) is 0 Å². The van der Waals surface area contributed by atoms with Crippen molar-refractivity contribution in [2.75, 3.05) is 32.5 Å². The van der Waals surface area contributed by atoms with Gasteiger partial charge in [0.2, 0.25) is 0 Å². The molecule has 1 aliphatic rings. The Morgan fingerprint density at radius 1 is 0.957 bits per heavy atom. The van der Waals surface area contributed by atoms with Gasteiger partial charge >= 0.3 is 0 Å². The Balaban J connectivity index is 2.08. The molecule has 118 valence electrons. The van der Waals surface area contributed by atoms with Gasteiger partial charge in [-0.15, -0.1) is 0 Å². The van der Waals surface area contributed by atoms with Gasteiger partial charge < -0.3 is 10.2 Å². The van der Waals surface area contributed by atoms with Crippen molar-refractivity contribution in [1.29, 1.82) is 0 Å². The zero-order valence-corrected chi connectivity index (χ0v) is 13.8. The highest BCUT2D eigenvalue weighted by molar-refractivity contribution is 6.39. The van der Waals surface area contributed by atoms with Crippen LogP contribution in [0.25, 0.3) is 0 Å². The Morgan fingerprint density at radius 3 is 2.17 bits per heavy atom. The van der Waals surface area contributed by atoms with E-state index >= 15 is 0 Å².